The summed E-state index contributed by atoms with van der Waals surface area (Å²) in [4.78, 5) is 12.2. The average Bonchev–Trinajstić information content (AvgIpc) is 2.76. The highest BCUT2D eigenvalue weighted by Crippen LogP contribution is 2.24. The number of hydrogen-bond acceptors (Lipinski definition) is 4. The fraction of sp³-hybridized carbons (Fsp3) is 0.292. The molecule has 1 N–H and O–H groups in total. The van der Waals surface area contributed by atoms with Gasteiger partial charge in [-0.25, -0.2) is 0 Å². The summed E-state index contributed by atoms with van der Waals surface area (Å²) in [7, 11) is 0. The Morgan fingerprint density at radius 3 is 2.57 bits per heavy atom. The van der Waals surface area contributed by atoms with E-state index < -0.39 is 0 Å². The van der Waals surface area contributed by atoms with E-state index in [0.29, 0.717) is 38.7 Å². The number of halogens is 1. The van der Waals surface area contributed by atoms with Gasteiger partial charge >= 0.3 is 0 Å². The van der Waals surface area contributed by atoms with Crippen LogP contribution in [0.1, 0.15) is 18.1 Å². The first-order chi connectivity index (χ1) is 14.6. The standard InChI is InChI=1S/C24H26BrNO4/c1-2-28-10-11-29-16-19-5-3-4-18(12-19)15-26-24(27)17-30-23-9-7-20-13-22(25)8-6-21(20)14-23/h3-9,12-14H,2,10-11,15-17H2,1H3,(H,26,27). The number of ether oxygens (including phenoxy) is 3. The maximum absolute atomic E-state index is 12.2. The monoisotopic (exact) mass is 471 g/mol. The van der Waals surface area contributed by atoms with Crippen molar-refractivity contribution in [3.8, 4) is 5.75 Å². The number of fused-ring (bicyclic) bond motifs is 1. The van der Waals surface area contributed by atoms with Crippen molar-refractivity contribution >= 4 is 32.6 Å². The van der Waals surface area contributed by atoms with Gasteiger partial charge in [0.25, 0.3) is 5.91 Å². The molecule has 0 aliphatic rings. The Bertz CT molecular complexity index is 976. The number of amides is 1. The van der Waals surface area contributed by atoms with Crippen LogP contribution in [0.25, 0.3) is 10.8 Å². The Balaban J connectivity index is 1.43. The highest BCUT2D eigenvalue weighted by Gasteiger charge is 2.05. The van der Waals surface area contributed by atoms with Gasteiger partial charge in [-0.2, -0.15) is 0 Å². The molecular weight excluding hydrogens is 446 g/mol. The van der Waals surface area contributed by atoms with Gasteiger partial charge in [0.2, 0.25) is 0 Å². The van der Waals surface area contributed by atoms with Gasteiger partial charge in [0, 0.05) is 17.6 Å². The third-order valence-electron chi connectivity index (χ3n) is 4.47. The molecular formula is C24H26BrNO4. The highest BCUT2D eigenvalue weighted by molar-refractivity contribution is 9.10. The van der Waals surface area contributed by atoms with Gasteiger partial charge in [0.05, 0.1) is 19.8 Å². The van der Waals surface area contributed by atoms with Gasteiger partial charge < -0.3 is 19.5 Å². The number of rotatable bonds is 11. The summed E-state index contributed by atoms with van der Waals surface area (Å²) >= 11 is 3.47. The third kappa shape index (κ3) is 7.13. The van der Waals surface area contributed by atoms with Crippen LogP contribution >= 0.6 is 15.9 Å². The van der Waals surface area contributed by atoms with Crippen LogP contribution in [0.3, 0.4) is 0 Å². The number of carbonyl (C=O) groups excluding carboxylic acids is 1. The van der Waals surface area contributed by atoms with Crippen molar-refractivity contribution < 1.29 is 19.0 Å². The zero-order valence-electron chi connectivity index (χ0n) is 17.0. The molecule has 5 nitrogen and oxygen atoms in total. The molecule has 0 bridgehead atoms. The summed E-state index contributed by atoms with van der Waals surface area (Å²) < 4.78 is 17.5. The van der Waals surface area contributed by atoms with Gasteiger partial charge in [0.15, 0.2) is 6.61 Å². The summed E-state index contributed by atoms with van der Waals surface area (Å²) in [5.74, 6) is 0.510. The van der Waals surface area contributed by atoms with Crippen LogP contribution < -0.4 is 10.1 Å². The second-order valence-electron chi connectivity index (χ2n) is 6.79. The van der Waals surface area contributed by atoms with E-state index in [1.165, 1.54) is 0 Å². The molecule has 0 aliphatic heterocycles. The molecule has 0 spiro atoms. The van der Waals surface area contributed by atoms with Gasteiger partial charge in [0.1, 0.15) is 5.75 Å². The van der Waals surface area contributed by atoms with E-state index in [1.807, 2.05) is 67.6 Å². The Morgan fingerprint density at radius 1 is 0.933 bits per heavy atom. The van der Waals surface area contributed by atoms with Crippen LogP contribution in [0.4, 0.5) is 0 Å². The molecule has 158 valence electrons. The van der Waals surface area contributed by atoms with Crippen LogP contribution in [0.2, 0.25) is 0 Å². The minimum Gasteiger partial charge on any atom is -0.484 e. The highest BCUT2D eigenvalue weighted by atomic mass is 79.9. The molecule has 0 unspecified atom stereocenters. The predicted molar refractivity (Wildman–Crippen MR) is 122 cm³/mol. The lowest BCUT2D eigenvalue weighted by atomic mass is 10.1. The summed E-state index contributed by atoms with van der Waals surface area (Å²) in [6.45, 7) is 4.77. The minimum absolute atomic E-state index is 0.0255. The lowest BCUT2D eigenvalue weighted by Crippen LogP contribution is -2.28. The molecule has 0 heterocycles. The SMILES string of the molecule is CCOCCOCc1cccc(CNC(=O)COc2ccc3cc(Br)ccc3c2)c1. The topological polar surface area (TPSA) is 56.8 Å². The Labute approximate surface area is 185 Å². The van der Waals surface area contributed by atoms with Gasteiger partial charge in [-0.3, -0.25) is 4.79 Å². The van der Waals surface area contributed by atoms with Crippen molar-refractivity contribution in [1.82, 2.24) is 5.32 Å². The maximum Gasteiger partial charge on any atom is 0.258 e. The van der Waals surface area contributed by atoms with Crippen molar-refractivity contribution in [2.75, 3.05) is 26.4 Å². The van der Waals surface area contributed by atoms with Crippen molar-refractivity contribution in [2.45, 2.75) is 20.1 Å². The molecule has 3 aromatic rings. The van der Waals surface area contributed by atoms with Crippen molar-refractivity contribution in [2.24, 2.45) is 0 Å². The second-order valence-corrected chi connectivity index (χ2v) is 7.70. The number of hydrogen-bond donors (Lipinski definition) is 1. The second kappa shape index (κ2) is 11.7. The minimum atomic E-state index is -0.163. The number of nitrogens with one attached hydrogen (secondary N) is 1. The molecule has 0 radical (unpaired) electrons. The Morgan fingerprint density at radius 2 is 1.70 bits per heavy atom. The van der Waals surface area contributed by atoms with E-state index in [-0.39, 0.29) is 12.5 Å². The lowest BCUT2D eigenvalue weighted by Gasteiger charge is -2.10. The zero-order chi connectivity index (χ0) is 21.2. The third-order valence-corrected chi connectivity index (χ3v) is 4.96. The predicted octanol–water partition coefficient (Wildman–Crippen LogP) is 4.85. The first-order valence-electron chi connectivity index (χ1n) is 9.96. The number of carbonyl (C=O) groups is 1. The fourth-order valence-corrected chi connectivity index (χ4v) is 3.35. The van der Waals surface area contributed by atoms with E-state index in [0.717, 1.165) is 26.4 Å². The van der Waals surface area contributed by atoms with Crippen molar-refractivity contribution in [3.05, 3.63) is 76.3 Å². The first kappa shape index (κ1) is 22.3. The molecule has 30 heavy (non-hydrogen) atoms. The van der Waals surface area contributed by atoms with Gasteiger partial charge in [-0.15, -0.1) is 0 Å². The molecule has 0 aromatic heterocycles. The van der Waals surface area contributed by atoms with Crippen LogP contribution in [0.5, 0.6) is 5.75 Å². The summed E-state index contributed by atoms with van der Waals surface area (Å²) in [6.07, 6.45) is 0. The maximum atomic E-state index is 12.2. The van der Waals surface area contributed by atoms with Crippen molar-refractivity contribution in [3.63, 3.8) is 0 Å². The van der Waals surface area contributed by atoms with Gasteiger partial charge in [-0.1, -0.05) is 52.3 Å². The van der Waals surface area contributed by atoms with Crippen molar-refractivity contribution in [1.29, 1.82) is 0 Å². The molecule has 3 aromatic carbocycles. The lowest BCUT2D eigenvalue weighted by molar-refractivity contribution is -0.123. The molecule has 0 atom stereocenters. The van der Waals surface area contributed by atoms with E-state index in [4.69, 9.17) is 14.2 Å². The Hall–Kier alpha value is -2.41. The zero-order valence-corrected chi connectivity index (χ0v) is 18.6. The van der Waals surface area contributed by atoms with Crippen LogP contribution in [-0.4, -0.2) is 32.3 Å². The van der Waals surface area contributed by atoms with Crippen LogP contribution in [-0.2, 0) is 27.4 Å². The van der Waals surface area contributed by atoms with E-state index >= 15 is 0 Å². The average molecular weight is 472 g/mol. The molecule has 6 heteroatoms. The quantitative estimate of drug-likeness (QED) is 0.406. The Kier molecular flexibility index (Phi) is 8.68. The molecule has 0 saturated carbocycles. The summed E-state index contributed by atoms with van der Waals surface area (Å²) in [6, 6.07) is 19.8. The fourth-order valence-electron chi connectivity index (χ4n) is 2.97. The number of benzene rings is 3. The molecule has 3 rings (SSSR count). The van der Waals surface area contributed by atoms with E-state index in [2.05, 4.69) is 21.2 Å². The largest absolute Gasteiger partial charge is 0.484 e. The van der Waals surface area contributed by atoms with E-state index in [1.54, 1.807) is 0 Å². The summed E-state index contributed by atoms with van der Waals surface area (Å²) in [5.41, 5.74) is 2.09. The molecule has 0 aliphatic carbocycles. The van der Waals surface area contributed by atoms with Crippen LogP contribution in [0, 0.1) is 0 Å². The molecule has 0 saturated heterocycles. The smallest absolute Gasteiger partial charge is 0.258 e. The van der Waals surface area contributed by atoms with Gasteiger partial charge in [-0.05, 0) is 53.1 Å². The summed E-state index contributed by atoms with van der Waals surface area (Å²) in [5, 5.41) is 5.07. The first-order valence-corrected chi connectivity index (χ1v) is 10.8. The van der Waals surface area contributed by atoms with E-state index in [9.17, 15) is 4.79 Å². The van der Waals surface area contributed by atoms with Crippen LogP contribution in [0.15, 0.2) is 65.1 Å². The molecule has 1 amide bonds. The normalized spacial score (nSPS) is 10.9. The molecule has 0 fully saturated rings.